The number of fused-ring (bicyclic) bond motifs is 1. The van der Waals surface area contributed by atoms with Crippen LogP contribution in [0.4, 0.5) is 39.5 Å². The van der Waals surface area contributed by atoms with E-state index in [1.165, 1.54) is 30.7 Å². The van der Waals surface area contributed by atoms with Crippen molar-refractivity contribution in [3.63, 3.8) is 0 Å². The van der Waals surface area contributed by atoms with E-state index >= 15 is 0 Å². The molecule has 8 nitrogen and oxygen atoms in total. The number of hydrogen-bond acceptors (Lipinski definition) is 5. The first-order chi connectivity index (χ1) is 15.6. The molecular formula is C21H14F4N6O2. The van der Waals surface area contributed by atoms with Crippen molar-refractivity contribution in [2.75, 3.05) is 16.4 Å². The van der Waals surface area contributed by atoms with Crippen molar-refractivity contribution in [1.29, 1.82) is 0 Å². The molecule has 0 aliphatic rings. The lowest BCUT2D eigenvalue weighted by atomic mass is 10.2. The van der Waals surface area contributed by atoms with Gasteiger partial charge in [-0.2, -0.15) is 13.2 Å². The quantitative estimate of drug-likeness (QED) is 0.399. The van der Waals surface area contributed by atoms with E-state index in [1.807, 2.05) is 0 Å². The van der Waals surface area contributed by atoms with Crippen molar-refractivity contribution in [2.24, 2.45) is 0 Å². The second-order valence-electron chi connectivity index (χ2n) is 6.86. The van der Waals surface area contributed by atoms with Gasteiger partial charge in [0.15, 0.2) is 11.1 Å². The number of amides is 2. The van der Waals surface area contributed by atoms with Gasteiger partial charge in [-0.3, -0.25) is 4.79 Å². The van der Waals surface area contributed by atoms with Crippen molar-refractivity contribution in [3.8, 4) is 5.69 Å². The van der Waals surface area contributed by atoms with Crippen LogP contribution in [0.25, 0.3) is 16.7 Å². The van der Waals surface area contributed by atoms with Crippen molar-refractivity contribution in [1.82, 2.24) is 14.5 Å². The van der Waals surface area contributed by atoms with Crippen LogP contribution < -0.4 is 21.8 Å². The minimum Gasteiger partial charge on any atom is -0.383 e. The number of benzene rings is 2. The largest absolute Gasteiger partial charge is 0.416 e. The average molecular weight is 458 g/mol. The predicted octanol–water partition coefficient (Wildman–Crippen LogP) is 4.16. The standard InChI is InChI=1S/C21H14F4N6O2/c22-12-7-11(21(23,24)25)8-14(9-12)30-20(33)29-13-1-3-15(4-2-13)31-6-5-16(32)17-18(26)27-10-28-19(17)31/h1-10H,(H2,26,27,28)(H2,29,30,33). The maximum atomic E-state index is 13.5. The van der Waals surface area contributed by atoms with Gasteiger partial charge >= 0.3 is 12.2 Å². The molecular weight excluding hydrogens is 444 g/mol. The highest BCUT2D eigenvalue weighted by Crippen LogP contribution is 2.31. The number of nitrogens with zero attached hydrogens (tertiary/aromatic N) is 3. The SMILES string of the molecule is Nc1ncnc2c1c(=O)ccn2-c1ccc(NC(=O)Nc2cc(F)cc(C(F)(F)F)c2)cc1. The molecule has 0 spiro atoms. The van der Waals surface area contributed by atoms with Gasteiger partial charge in [0.25, 0.3) is 0 Å². The fourth-order valence-electron chi connectivity index (χ4n) is 3.14. The highest BCUT2D eigenvalue weighted by molar-refractivity contribution is 5.99. The van der Waals surface area contributed by atoms with Gasteiger partial charge in [0.05, 0.1) is 5.56 Å². The van der Waals surface area contributed by atoms with E-state index in [-0.39, 0.29) is 22.3 Å². The van der Waals surface area contributed by atoms with Crippen LogP contribution >= 0.6 is 0 Å². The molecule has 33 heavy (non-hydrogen) atoms. The fraction of sp³-hybridized carbons (Fsp3) is 0.0476. The number of nitrogens with two attached hydrogens (primary N) is 1. The summed E-state index contributed by atoms with van der Waals surface area (Å²) in [6.07, 6.45) is -2.02. The number of carbonyl (C=O) groups is 1. The molecule has 0 saturated heterocycles. The van der Waals surface area contributed by atoms with Crippen LogP contribution in [0.2, 0.25) is 0 Å². The number of anilines is 3. The van der Waals surface area contributed by atoms with E-state index in [2.05, 4.69) is 20.6 Å². The average Bonchev–Trinajstić information content (AvgIpc) is 2.74. The van der Waals surface area contributed by atoms with Crippen molar-refractivity contribution in [3.05, 3.63) is 82.7 Å². The Labute approximate surface area is 182 Å². The van der Waals surface area contributed by atoms with E-state index in [4.69, 9.17) is 5.73 Å². The molecule has 12 heteroatoms. The Morgan fingerprint density at radius 1 is 0.970 bits per heavy atom. The highest BCUT2D eigenvalue weighted by atomic mass is 19.4. The van der Waals surface area contributed by atoms with Crippen molar-refractivity contribution >= 4 is 34.3 Å². The number of nitrogens with one attached hydrogen (secondary N) is 2. The summed E-state index contributed by atoms with van der Waals surface area (Å²) in [5.41, 5.74) is 5.06. The topological polar surface area (TPSA) is 115 Å². The lowest BCUT2D eigenvalue weighted by molar-refractivity contribution is -0.137. The monoisotopic (exact) mass is 458 g/mol. The number of rotatable bonds is 3. The number of pyridine rings is 1. The molecule has 2 aromatic carbocycles. The molecule has 4 N–H and O–H groups in total. The molecule has 168 valence electrons. The minimum atomic E-state index is -4.76. The third-order valence-electron chi connectivity index (χ3n) is 4.59. The molecule has 0 unspecified atom stereocenters. The lowest BCUT2D eigenvalue weighted by Crippen LogP contribution is -2.20. The summed E-state index contributed by atoms with van der Waals surface area (Å²) in [4.78, 5) is 32.2. The normalized spacial score (nSPS) is 11.4. The van der Waals surface area contributed by atoms with Crippen LogP contribution in [-0.4, -0.2) is 20.6 Å². The molecule has 4 rings (SSSR count). The van der Waals surface area contributed by atoms with Gasteiger partial charge in [0.1, 0.15) is 23.3 Å². The second-order valence-corrected chi connectivity index (χ2v) is 6.86. The Morgan fingerprint density at radius 2 is 1.67 bits per heavy atom. The summed E-state index contributed by atoms with van der Waals surface area (Å²) in [7, 11) is 0. The molecule has 0 saturated carbocycles. The van der Waals surface area contributed by atoms with Gasteiger partial charge in [-0.15, -0.1) is 0 Å². The zero-order chi connectivity index (χ0) is 23.8. The maximum absolute atomic E-state index is 13.5. The molecule has 4 aromatic rings. The van der Waals surface area contributed by atoms with E-state index in [1.54, 1.807) is 16.7 Å². The fourth-order valence-corrected chi connectivity index (χ4v) is 3.14. The minimum absolute atomic E-state index is 0.0420. The number of halogens is 4. The lowest BCUT2D eigenvalue weighted by Gasteiger charge is -2.13. The van der Waals surface area contributed by atoms with Crippen molar-refractivity contribution in [2.45, 2.75) is 6.18 Å². The smallest absolute Gasteiger partial charge is 0.383 e. The van der Waals surface area contributed by atoms with Crippen LogP contribution in [-0.2, 0) is 6.18 Å². The first-order valence-corrected chi connectivity index (χ1v) is 9.30. The third kappa shape index (κ3) is 4.59. The van der Waals surface area contributed by atoms with Gasteiger partial charge in [-0.1, -0.05) is 0 Å². The summed E-state index contributed by atoms with van der Waals surface area (Å²) in [5.74, 6) is -1.09. The molecule has 0 bridgehead atoms. The van der Waals surface area contributed by atoms with E-state index in [9.17, 15) is 27.2 Å². The summed E-state index contributed by atoms with van der Waals surface area (Å²) < 4.78 is 53.6. The van der Waals surface area contributed by atoms with Crippen LogP contribution in [0.5, 0.6) is 0 Å². The number of aromatic nitrogens is 3. The summed E-state index contributed by atoms with van der Waals surface area (Å²) in [6, 6.07) is 8.45. The Balaban J connectivity index is 1.54. The second kappa shape index (κ2) is 8.22. The molecule has 2 amide bonds. The summed E-state index contributed by atoms with van der Waals surface area (Å²) in [6.45, 7) is 0. The van der Waals surface area contributed by atoms with Gasteiger partial charge in [-0.05, 0) is 42.5 Å². The first-order valence-electron chi connectivity index (χ1n) is 9.30. The molecule has 2 aromatic heterocycles. The number of urea groups is 1. The number of hydrogen-bond donors (Lipinski definition) is 3. The van der Waals surface area contributed by atoms with Gasteiger partial charge < -0.3 is 20.9 Å². The molecule has 0 radical (unpaired) electrons. The van der Waals surface area contributed by atoms with Crippen LogP contribution in [0, 0.1) is 5.82 Å². The highest BCUT2D eigenvalue weighted by Gasteiger charge is 2.31. The Kier molecular flexibility index (Phi) is 5.42. The number of carbonyl (C=O) groups excluding carboxylic acids is 1. The summed E-state index contributed by atoms with van der Waals surface area (Å²) >= 11 is 0. The van der Waals surface area contributed by atoms with Crippen LogP contribution in [0.3, 0.4) is 0 Å². The number of alkyl halides is 3. The Bertz CT molecular complexity index is 1420. The van der Waals surface area contributed by atoms with E-state index in [0.29, 0.717) is 29.2 Å². The van der Waals surface area contributed by atoms with Crippen LogP contribution in [0.15, 0.2) is 65.8 Å². The molecule has 2 heterocycles. The van der Waals surface area contributed by atoms with Crippen molar-refractivity contribution < 1.29 is 22.4 Å². The predicted molar refractivity (Wildman–Crippen MR) is 114 cm³/mol. The Morgan fingerprint density at radius 3 is 2.36 bits per heavy atom. The zero-order valence-electron chi connectivity index (χ0n) is 16.5. The van der Waals surface area contributed by atoms with Gasteiger partial charge in [-0.25, -0.2) is 19.2 Å². The Hall–Kier alpha value is -4.48. The third-order valence-corrected chi connectivity index (χ3v) is 4.59. The maximum Gasteiger partial charge on any atom is 0.416 e. The van der Waals surface area contributed by atoms with Crippen LogP contribution in [0.1, 0.15) is 5.56 Å². The van der Waals surface area contributed by atoms with Gasteiger partial charge in [0.2, 0.25) is 0 Å². The zero-order valence-corrected chi connectivity index (χ0v) is 16.5. The van der Waals surface area contributed by atoms with E-state index in [0.717, 1.165) is 6.07 Å². The first kappa shape index (κ1) is 21.7. The number of nitrogen functional groups attached to an aromatic ring is 1. The molecule has 0 fully saturated rings. The molecule has 0 aliphatic carbocycles. The van der Waals surface area contributed by atoms with Gasteiger partial charge in [0, 0.05) is 29.3 Å². The van der Waals surface area contributed by atoms with E-state index < -0.39 is 23.6 Å². The molecule has 0 atom stereocenters. The molecule has 0 aliphatic heterocycles. The summed E-state index contributed by atoms with van der Waals surface area (Å²) in [5, 5.41) is 4.77.